The lowest BCUT2D eigenvalue weighted by molar-refractivity contribution is -0.129. The number of carbonyl (C=O) groups is 2. The maximum absolute atomic E-state index is 12.7. The molecular formula is C21H33N3O2. The fraction of sp³-hybridized carbons (Fsp3) is 0.333. The van der Waals surface area contributed by atoms with Gasteiger partial charge in [0.15, 0.2) is 0 Å². The number of likely N-dealkylation sites (N-methyl/N-ethyl adjacent to an activating group) is 2. The van der Waals surface area contributed by atoms with Gasteiger partial charge in [0.1, 0.15) is 6.04 Å². The van der Waals surface area contributed by atoms with Crippen molar-refractivity contribution < 1.29 is 13.9 Å². The van der Waals surface area contributed by atoms with E-state index in [2.05, 4.69) is 16.0 Å². The quantitative estimate of drug-likeness (QED) is 0.644. The number of hydrogen-bond acceptors (Lipinski definition) is 3. The summed E-state index contributed by atoms with van der Waals surface area (Å²) in [5, 5.41) is 8.76. The number of benzene rings is 2. The van der Waals surface area contributed by atoms with Crippen LogP contribution in [0.3, 0.4) is 0 Å². The van der Waals surface area contributed by atoms with Gasteiger partial charge in [-0.1, -0.05) is 60.7 Å². The van der Waals surface area contributed by atoms with Gasteiger partial charge < -0.3 is 16.0 Å². The van der Waals surface area contributed by atoms with Crippen molar-refractivity contribution in [1.29, 1.82) is 0 Å². The summed E-state index contributed by atoms with van der Waals surface area (Å²) in [6.07, 6.45) is 1.02. The van der Waals surface area contributed by atoms with E-state index in [1.165, 1.54) is 0 Å². The van der Waals surface area contributed by atoms with E-state index in [4.69, 9.17) is 0 Å². The lowest BCUT2D eigenvalue weighted by Gasteiger charge is -2.22. The fourth-order valence-corrected chi connectivity index (χ4v) is 2.80. The van der Waals surface area contributed by atoms with Crippen LogP contribution in [-0.4, -0.2) is 37.5 Å². The molecule has 0 saturated heterocycles. The topological polar surface area (TPSA) is 70.2 Å². The highest BCUT2D eigenvalue weighted by molar-refractivity contribution is 5.90. The zero-order valence-electron chi connectivity index (χ0n) is 15.4. The van der Waals surface area contributed by atoms with E-state index in [-0.39, 0.29) is 16.1 Å². The Balaban J connectivity index is 0. The largest absolute Gasteiger partial charge is 0.355 e. The summed E-state index contributed by atoms with van der Waals surface area (Å²) in [6.45, 7) is 2.39. The van der Waals surface area contributed by atoms with E-state index in [9.17, 15) is 9.59 Å². The second-order valence-corrected chi connectivity index (χ2v) is 6.18. The summed E-state index contributed by atoms with van der Waals surface area (Å²) in [5.41, 5.74) is 2.08. The van der Waals surface area contributed by atoms with E-state index in [0.717, 1.165) is 11.1 Å². The van der Waals surface area contributed by atoms with Crippen molar-refractivity contribution in [1.82, 2.24) is 16.0 Å². The standard InChI is InChI=1S/C21H27N3O2.3H2/c1-3-23-20(25)19(15-17-12-8-5-9-13-17)24-21(26)18(22-2)14-16-10-6-4-7-11-16;;;/h4-13,18-19,22H,3,14-15H2,1-2H3,(H,23,25)(H,24,26);3*1H/t18-,19-;;;/m0.../s1. The summed E-state index contributed by atoms with van der Waals surface area (Å²) in [4.78, 5) is 25.1. The van der Waals surface area contributed by atoms with Crippen LogP contribution >= 0.6 is 0 Å². The van der Waals surface area contributed by atoms with Gasteiger partial charge in [-0.3, -0.25) is 9.59 Å². The number of carbonyl (C=O) groups excluding carboxylic acids is 2. The molecule has 0 fully saturated rings. The Kier molecular flexibility index (Phi) is 7.83. The van der Waals surface area contributed by atoms with E-state index < -0.39 is 12.1 Å². The van der Waals surface area contributed by atoms with Gasteiger partial charge in [-0.25, -0.2) is 0 Å². The summed E-state index contributed by atoms with van der Waals surface area (Å²) in [6, 6.07) is 18.5. The Morgan fingerprint density at radius 1 is 0.846 bits per heavy atom. The van der Waals surface area contributed by atoms with Crippen molar-refractivity contribution in [2.45, 2.75) is 31.8 Å². The first-order chi connectivity index (χ1) is 12.6. The average molecular weight is 360 g/mol. The minimum Gasteiger partial charge on any atom is -0.355 e. The van der Waals surface area contributed by atoms with Gasteiger partial charge in [0.05, 0.1) is 6.04 Å². The Bertz CT molecular complexity index is 703. The number of amides is 2. The van der Waals surface area contributed by atoms with Crippen molar-refractivity contribution in [3.63, 3.8) is 0 Å². The van der Waals surface area contributed by atoms with Crippen LogP contribution in [0.4, 0.5) is 0 Å². The molecule has 0 aliphatic rings. The van der Waals surface area contributed by atoms with Gasteiger partial charge in [-0.05, 0) is 31.5 Å². The molecule has 2 aromatic carbocycles. The molecule has 2 aromatic rings. The Labute approximate surface area is 159 Å². The maximum atomic E-state index is 12.7. The molecule has 0 spiro atoms. The molecule has 0 unspecified atom stereocenters. The first-order valence-corrected chi connectivity index (χ1v) is 8.97. The number of rotatable bonds is 9. The lowest BCUT2D eigenvalue weighted by atomic mass is 10.0. The molecule has 0 aliphatic heterocycles. The highest BCUT2D eigenvalue weighted by Gasteiger charge is 2.25. The first-order valence-electron chi connectivity index (χ1n) is 8.97. The van der Waals surface area contributed by atoms with Crippen molar-refractivity contribution in [3.8, 4) is 0 Å². The zero-order chi connectivity index (χ0) is 18.8. The normalized spacial score (nSPS) is 12.8. The van der Waals surface area contributed by atoms with Gasteiger partial charge in [0.2, 0.25) is 11.8 Å². The molecule has 0 heterocycles. The fourth-order valence-electron chi connectivity index (χ4n) is 2.80. The molecule has 0 saturated carbocycles. The molecule has 2 atom stereocenters. The maximum Gasteiger partial charge on any atom is 0.242 e. The molecule has 2 rings (SSSR count). The van der Waals surface area contributed by atoms with E-state index in [1.807, 2.05) is 67.6 Å². The van der Waals surface area contributed by atoms with Crippen LogP contribution in [0.2, 0.25) is 0 Å². The van der Waals surface area contributed by atoms with Gasteiger partial charge in [-0.2, -0.15) is 0 Å². The monoisotopic (exact) mass is 359 g/mol. The van der Waals surface area contributed by atoms with Gasteiger partial charge in [0.25, 0.3) is 0 Å². The lowest BCUT2D eigenvalue weighted by Crippen LogP contribution is -2.53. The van der Waals surface area contributed by atoms with Crippen molar-refractivity contribution in [2.24, 2.45) is 0 Å². The van der Waals surface area contributed by atoms with Crippen LogP contribution in [0.5, 0.6) is 0 Å². The first kappa shape index (κ1) is 19.7. The Morgan fingerprint density at radius 2 is 1.35 bits per heavy atom. The highest BCUT2D eigenvalue weighted by Crippen LogP contribution is 2.06. The van der Waals surface area contributed by atoms with Crippen LogP contribution in [-0.2, 0) is 22.4 Å². The van der Waals surface area contributed by atoms with E-state index >= 15 is 0 Å². The Morgan fingerprint density at radius 3 is 1.81 bits per heavy atom. The molecule has 0 aromatic heterocycles. The predicted octanol–water partition coefficient (Wildman–Crippen LogP) is 2.42. The Hall–Kier alpha value is -2.66. The summed E-state index contributed by atoms with van der Waals surface area (Å²) < 4.78 is 0. The molecule has 0 bridgehead atoms. The molecule has 5 nitrogen and oxygen atoms in total. The predicted molar refractivity (Wildman–Crippen MR) is 110 cm³/mol. The van der Waals surface area contributed by atoms with Gasteiger partial charge in [-0.15, -0.1) is 0 Å². The van der Waals surface area contributed by atoms with Crippen molar-refractivity contribution in [3.05, 3.63) is 71.8 Å². The zero-order valence-corrected chi connectivity index (χ0v) is 15.4. The molecule has 2 amide bonds. The molecule has 0 aliphatic carbocycles. The molecule has 3 N–H and O–H groups in total. The van der Waals surface area contributed by atoms with Crippen molar-refractivity contribution in [2.75, 3.05) is 13.6 Å². The van der Waals surface area contributed by atoms with Crippen LogP contribution in [0.25, 0.3) is 0 Å². The van der Waals surface area contributed by atoms with Gasteiger partial charge >= 0.3 is 0 Å². The van der Waals surface area contributed by atoms with E-state index in [1.54, 1.807) is 7.05 Å². The molecule has 26 heavy (non-hydrogen) atoms. The SMILES string of the molecule is CCNC(=O)[C@H](Cc1ccccc1)NC(=O)[C@H](Cc1ccccc1)NC.[HH].[HH].[HH]. The summed E-state index contributed by atoms with van der Waals surface area (Å²) in [7, 11) is 1.76. The number of hydrogen-bond donors (Lipinski definition) is 3. The van der Waals surface area contributed by atoms with E-state index in [0.29, 0.717) is 19.4 Å². The van der Waals surface area contributed by atoms with Crippen molar-refractivity contribution >= 4 is 11.8 Å². The van der Waals surface area contributed by atoms with Crippen LogP contribution in [0.1, 0.15) is 22.3 Å². The van der Waals surface area contributed by atoms with Crippen LogP contribution in [0.15, 0.2) is 60.7 Å². The average Bonchev–Trinajstić information content (AvgIpc) is 2.67. The second kappa shape index (κ2) is 10.4. The van der Waals surface area contributed by atoms with Crippen LogP contribution < -0.4 is 16.0 Å². The molecule has 0 radical (unpaired) electrons. The third-order valence-electron chi connectivity index (χ3n) is 4.21. The van der Waals surface area contributed by atoms with Crippen LogP contribution in [0, 0.1) is 0 Å². The summed E-state index contributed by atoms with van der Waals surface area (Å²) in [5.74, 6) is -0.345. The van der Waals surface area contributed by atoms with Gasteiger partial charge in [0, 0.05) is 17.2 Å². The smallest absolute Gasteiger partial charge is 0.242 e. The minimum atomic E-state index is -0.600. The summed E-state index contributed by atoms with van der Waals surface area (Å²) >= 11 is 0. The molecular weight excluding hydrogens is 326 g/mol. The molecule has 5 heteroatoms. The third-order valence-corrected chi connectivity index (χ3v) is 4.21. The minimum absolute atomic E-state index is 0. The molecule has 144 valence electrons. The third kappa shape index (κ3) is 6.01. The second-order valence-electron chi connectivity index (χ2n) is 6.18. The number of nitrogens with one attached hydrogen (secondary N) is 3. The highest BCUT2D eigenvalue weighted by atomic mass is 16.2.